The summed E-state index contributed by atoms with van der Waals surface area (Å²) in [5.41, 5.74) is 5.50. The van der Waals surface area contributed by atoms with Gasteiger partial charge in [-0.2, -0.15) is 0 Å². The number of ether oxygens (including phenoxy) is 1. The highest BCUT2D eigenvalue weighted by Gasteiger charge is 2.46. The van der Waals surface area contributed by atoms with Crippen molar-refractivity contribution in [2.75, 3.05) is 12.4 Å². The van der Waals surface area contributed by atoms with Crippen LogP contribution in [0.15, 0.2) is 23.6 Å². The summed E-state index contributed by atoms with van der Waals surface area (Å²) in [6.07, 6.45) is 7.06. The largest absolute Gasteiger partial charge is 0.465 e. The fourth-order valence-electron chi connectivity index (χ4n) is 2.69. The standard InChI is InChI=1S/C14H21N3O2S/c1-2-19-12(18)14(15)7-3-5-11(14)6-10-20-13-16-8-4-9-17-13/h4,8-9,11H,2-3,5-7,10,15H2,1H3. The predicted octanol–water partition coefficient (Wildman–Crippen LogP) is 2.02. The number of hydrogen-bond acceptors (Lipinski definition) is 6. The molecular formula is C14H21N3O2S. The minimum atomic E-state index is -0.798. The molecule has 2 N–H and O–H groups in total. The molecule has 0 aromatic carbocycles. The van der Waals surface area contributed by atoms with E-state index in [1.807, 2.05) is 6.92 Å². The monoisotopic (exact) mass is 295 g/mol. The van der Waals surface area contributed by atoms with Crippen LogP contribution in [-0.4, -0.2) is 33.8 Å². The van der Waals surface area contributed by atoms with Crippen LogP contribution in [0.2, 0.25) is 0 Å². The van der Waals surface area contributed by atoms with Gasteiger partial charge in [-0.25, -0.2) is 9.97 Å². The van der Waals surface area contributed by atoms with Crippen molar-refractivity contribution in [1.29, 1.82) is 0 Å². The number of nitrogens with two attached hydrogens (primary N) is 1. The van der Waals surface area contributed by atoms with E-state index in [9.17, 15) is 4.79 Å². The van der Waals surface area contributed by atoms with Crippen molar-refractivity contribution in [3.63, 3.8) is 0 Å². The highest BCUT2D eigenvalue weighted by Crippen LogP contribution is 2.38. The van der Waals surface area contributed by atoms with Crippen LogP contribution >= 0.6 is 11.8 Å². The number of thioether (sulfide) groups is 1. The first kappa shape index (κ1) is 15.3. The van der Waals surface area contributed by atoms with Crippen LogP contribution in [0.1, 0.15) is 32.6 Å². The van der Waals surface area contributed by atoms with Gasteiger partial charge >= 0.3 is 5.97 Å². The Morgan fingerprint density at radius 1 is 1.55 bits per heavy atom. The Kier molecular flexibility index (Phi) is 5.37. The Bertz CT molecular complexity index is 443. The predicted molar refractivity (Wildman–Crippen MR) is 78.3 cm³/mol. The SMILES string of the molecule is CCOC(=O)C1(N)CCCC1CCSc1ncccn1. The Morgan fingerprint density at radius 2 is 2.30 bits per heavy atom. The first-order valence-electron chi connectivity index (χ1n) is 7.02. The summed E-state index contributed by atoms with van der Waals surface area (Å²) in [6, 6.07) is 1.80. The number of hydrogen-bond donors (Lipinski definition) is 1. The van der Waals surface area contributed by atoms with Gasteiger partial charge in [-0.15, -0.1) is 0 Å². The highest BCUT2D eigenvalue weighted by molar-refractivity contribution is 7.99. The number of carbonyl (C=O) groups is 1. The minimum Gasteiger partial charge on any atom is -0.465 e. The molecule has 0 spiro atoms. The molecule has 2 unspecified atom stereocenters. The van der Waals surface area contributed by atoms with Gasteiger partial charge in [0.15, 0.2) is 5.16 Å². The van der Waals surface area contributed by atoms with Gasteiger partial charge in [-0.1, -0.05) is 18.2 Å². The fraction of sp³-hybridized carbons (Fsp3) is 0.643. The van der Waals surface area contributed by atoms with Crippen LogP contribution in [-0.2, 0) is 9.53 Å². The maximum absolute atomic E-state index is 12.0. The van der Waals surface area contributed by atoms with Crippen molar-refractivity contribution in [2.45, 2.75) is 43.3 Å². The van der Waals surface area contributed by atoms with E-state index >= 15 is 0 Å². The first-order valence-corrected chi connectivity index (χ1v) is 8.01. The molecule has 0 bridgehead atoms. The van der Waals surface area contributed by atoms with E-state index < -0.39 is 5.54 Å². The molecule has 2 atom stereocenters. The van der Waals surface area contributed by atoms with Crippen LogP contribution in [0.4, 0.5) is 0 Å². The lowest BCUT2D eigenvalue weighted by atomic mass is 9.86. The second-order valence-corrected chi connectivity index (χ2v) is 6.08. The molecule has 20 heavy (non-hydrogen) atoms. The molecule has 5 nitrogen and oxygen atoms in total. The summed E-state index contributed by atoms with van der Waals surface area (Å²) in [5.74, 6) is 0.814. The second kappa shape index (κ2) is 7.04. The summed E-state index contributed by atoms with van der Waals surface area (Å²) >= 11 is 1.60. The normalized spacial score (nSPS) is 25.6. The number of esters is 1. The third-order valence-corrected chi connectivity index (χ3v) is 4.68. The zero-order valence-electron chi connectivity index (χ0n) is 11.7. The van der Waals surface area contributed by atoms with Crippen LogP contribution in [0.5, 0.6) is 0 Å². The van der Waals surface area contributed by atoms with Crippen molar-refractivity contribution in [3.8, 4) is 0 Å². The molecule has 1 aliphatic rings. The van der Waals surface area contributed by atoms with Gasteiger partial charge in [-0.3, -0.25) is 4.79 Å². The first-order chi connectivity index (χ1) is 9.66. The van der Waals surface area contributed by atoms with Crippen molar-refractivity contribution in [3.05, 3.63) is 18.5 Å². The van der Waals surface area contributed by atoms with E-state index in [4.69, 9.17) is 10.5 Å². The van der Waals surface area contributed by atoms with Crippen LogP contribution < -0.4 is 5.73 Å². The van der Waals surface area contributed by atoms with Gasteiger partial charge in [0.05, 0.1) is 6.61 Å². The van der Waals surface area contributed by atoms with Gasteiger partial charge in [0, 0.05) is 18.1 Å². The molecule has 1 fully saturated rings. The Hall–Kier alpha value is -1.14. The van der Waals surface area contributed by atoms with E-state index in [-0.39, 0.29) is 11.9 Å². The summed E-state index contributed by atoms with van der Waals surface area (Å²) in [7, 11) is 0. The van der Waals surface area contributed by atoms with Gasteiger partial charge in [0.2, 0.25) is 0 Å². The lowest BCUT2D eigenvalue weighted by Crippen LogP contribution is -2.52. The van der Waals surface area contributed by atoms with Crippen LogP contribution in [0.25, 0.3) is 0 Å². The van der Waals surface area contributed by atoms with E-state index in [0.29, 0.717) is 6.61 Å². The maximum Gasteiger partial charge on any atom is 0.326 e. The third kappa shape index (κ3) is 3.49. The molecule has 1 aliphatic carbocycles. The number of carbonyl (C=O) groups excluding carboxylic acids is 1. The molecule has 2 rings (SSSR count). The van der Waals surface area contributed by atoms with Gasteiger partial charge in [-0.05, 0) is 38.2 Å². The Morgan fingerprint density at radius 3 is 3.00 bits per heavy atom. The lowest BCUT2D eigenvalue weighted by molar-refractivity contribution is -0.151. The van der Waals surface area contributed by atoms with Crippen molar-refractivity contribution >= 4 is 17.7 Å². The summed E-state index contributed by atoms with van der Waals surface area (Å²) < 4.78 is 5.13. The topological polar surface area (TPSA) is 78.1 Å². The number of nitrogens with zero attached hydrogens (tertiary/aromatic N) is 2. The molecule has 6 heteroatoms. The third-order valence-electron chi connectivity index (χ3n) is 3.77. The van der Waals surface area contributed by atoms with Gasteiger partial charge < -0.3 is 10.5 Å². The van der Waals surface area contributed by atoms with Gasteiger partial charge in [0.25, 0.3) is 0 Å². The van der Waals surface area contributed by atoms with Crippen molar-refractivity contribution < 1.29 is 9.53 Å². The minimum absolute atomic E-state index is 0.192. The van der Waals surface area contributed by atoms with E-state index in [0.717, 1.165) is 36.6 Å². The second-order valence-electron chi connectivity index (χ2n) is 5.02. The molecule has 1 aromatic rings. The number of rotatable bonds is 6. The number of aromatic nitrogens is 2. The molecule has 0 radical (unpaired) electrons. The summed E-state index contributed by atoms with van der Waals surface area (Å²) in [6.45, 7) is 2.20. The van der Waals surface area contributed by atoms with Crippen LogP contribution in [0, 0.1) is 5.92 Å². The van der Waals surface area contributed by atoms with Crippen LogP contribution in [0.3, 0.4) is 0 Å². The zero-order valence-corrected chi connectivity index (χ0v) is 12.6. The summed E-state index contributed by atoms with van der Waals surface area (Å²) in [5, 5.41) is 0.768. The molecule has 0 aliphatic heterocycles. The zero-order chi connectivity index (χ0) is 14.4. The van der Waals surface area contributed by atoms with E-state index in [2.05, 4.69) is 9.97 Å². The molecule has 110 valence electrons. The van der Waals surface area contributed by atoms with Gasteiger partial charge in [0.1, 0.15) is 5.54 Å². The average molecular weight is 295 g/mol. The maximum atomic E-state index is 12.0. The molecule has 0 amide bonds. The summed E-state index contributed by atoms with van der Waals surface area (Å²) in [4.78, 5) is 20.4. The molecule has 1 aromatic heterocycles. The molecule has 0 saturated heterocycles. The Balaban J connectivity index is 1.86. The van der Waals surface area contributed by atoms with E-state index in [1.54, 1.807) is 30.2 Å². The smallest absolute Gasteiger partial charge is 0.326 e. The lowest BCUT2D eigenvalue weighted by Gasteiger charge is -2.28. The van der Waals surface area contributed by atoms with E-state index in [1.165, 1.54) is 0 Å². The van der Waals surface area contributed by atoms with Crippen molar-refractivity contribution in [2.24, 2.45) is 11.7 Å². The molecule has 1 heterocycles. The fourth-order valence-corrected chi connectivity index (χ4v) is 3.55. The quantitative estimate of drug-likeness (QED) is 0.491. The highest BCUT2D eigenvalue weighted by atomic mass is 32.2. The Labute approximate surface area is 123 Å². The molecule has 1 saturated carbocycles. The van der Waals surface area contributed by atoms with Crippen molar-refractivity contribution in [1.82, 2.24) is 9.97 Å². The molecular weight excluding hydrogens is 274 g/mol. The average Bonchev–Trinajstić information content (AvgIpc) is 2.83.